The van der Waals surface area contributed by atoms with Crippen molar-refractivity contribution in [1.82, 2.24) is 4.98 Å². The van der Waals surface area contributed by atoms with E-state index in [1.165, 1.54) is 4.90 Å². The molecule has 0 spiro atoms. The normalized spacial score (nSPS) is 11.2. The van der Waals surface area contributed by atoms with Crippen LogP contribution in [0.15, 0.2) is 47.6 Å². The highest BCUT2D eigenvalue weighted by Gasteiger charge is 2.18. The number of benzene rings is 1. The van der Waals surface area contributed by atoms with Crippen LogP contribution in [0.5, 0.6) is 0 Å². The van der Waals surface area contributed by atoms with Gasteiger partial charge < -0.3 is 15.8 Å². The van der Waals surface area contributed by atoms with Crippen molar-refractivity contribution in [2.24, 2.45) is 10.9 Å². The fourth-order valence-corrected chi connectivity index (χ4v) is 1.98. The van der Waals surface area contributed by atoms with Gasteiger partial charge in [0.1, 0.15) is 5.69 Å². The highest BCUT2D eigenvalue weighted by atomic mass is 16.4. The quantitative estimate of drug-likeness (QED) is 0.389. The van der Waals surface area contributed by atoms with Gasteiger partial charge >= 0.3 is 0 Å². The van der Waals surface area contributed by atoms with Crippen molar-refractivity contribution in [3.05, 3.63) is 59.4 Å². The Balaban J connectivity index is 2.41. The van der Waals surface area contributed by atoms with Crippen molar-refractivity contribution >= 4 is 17.4 Å². The van der Waals surface area contributed by atoms with Gasteiger partial charge in [-0.05, 0) is 31.2 Å². The number of para-hydroxylation sites is 1. The van der Waals surface area contributed by atoms with Crippen molar-refractivity contribution < 1.29 is 10.0 Å². The molecule has 2 rings (SSSR count). The molecule has 1 aromatic heterocycles. The van der Waals surface area contributed by atoms with Gasteiger partial charge in [-0.3, -0.25) is 4.79 Å². The monoisotopic (exact) mass is 284 g/mol. The number of nitrogens with zero attached hydrogens (tertiary/aromatic N) is 3. The summed E-state index contributed by atoms with van der Waals surface area (Å²) in [6.45, 7) is 1.82. The first-order valence-electron chi connectivity index (χ1n) is 6.33. The fraction of sp³-hybridized carbons (Fsp3) is 0.133. The first kappa shape index (κ1) is 14.5. The molecule has 0 aliphatic heterocycles. The highest BCUT2D eigenvalue weighted by molar-refractivity contribution is 6.10. The van der Waals surface area contributed by atoms with Crippen LogP contribution in [0.3, 0.4) is 0 Å². The van der Waals surface area contributed by atoms with Crippen LogP contribution >= 0.6 is 0 Å². The second-order valence-corrected chi connectivity index (χ2v) is 4.53. The molecule has 6 heteroatoms. The number of amidine groups is 1. The maximum absolute atomic E-state index is 12.5. The summed E-state index contributed by atoms with van der Waals surface area (Å²) in [4.78, 5) is 18.1. The molecule has 0 aliphatic rings. The van der Waals surface area contributed by atoms with E-state index in [-0.39, 0.29) is 11.7 Å². The molecule has 0 radical (unpaired) electrons. The molecule has 0 unspecified atom stereocenters. The Kier molecular flexibility index (Phi) is 4.18. The molecule has 2 aromatic rings. The molecule has 1 aromatic carbocycles. The molecule has 21 heavy (non-hydrogen) atoms. The van der Waals surface area contributed by atoms with Crippen molar-refractivity contribution in [3.8, 4) is 0 Å². The summed E-state index contributed by atoms with van der Waals surface area (Å²) in [5, 5.41) is 11.8. The zero-order valence-electron chi connectivity index (χ0n) is 11.8. The number of aromatic nitrogens is 1. The number of pyridine rings is 1. The Morgan fingerprint density at radius 1 is 1.24 bits per heavy atom. The van der Waals surface area contributed by atoms with E-state index < -0.39 is 0 Å². The van der Waals surface area contributed by atoms with Crippen LogP contribution in [0.4, 0.5) is 5.69 Å². The average Bonchev–Trinajstić information content (AvgIpc) is 2.52. The molecular weight excluding hydrogens is 268 g/mol. The number of amides is 1. The van der Waals surface area contributed by atoms with E-state index in [1.54, 1.807) is 43.4 Å². The molecular formula is C15H16N4O2. The number of carbonyl (C=O) groups excluding carboxylic acids is 1. The minimum absolute atomic E-state index is 0.0533. The first-order valence-corrected chi connectivity index (χ1v) is 6.33. The smallest absolute Gasteiger partial charge is 0.276 e. The topological polar surface area (TPSA) is 91.8 Å². The van der Waals surface area contributed by atoms with Crippen molar-refractivity contribution in [2.75, 3.05) is 11.9 Å². The summed E-state index contributed by atoms with van der Waals surface area (Å²) >= 11 is 0. The van der Waals surface area contributed by atoms with E-state index in [0.29, 0.717) is 16.9 Å². The van der Waals surface area contributed by atoms with Crippen LogP contribution in [0.2, 0.25) is 0 Å². The summed E-state index contributed by atoms with van der Waals surface area (Å²) in [5.74, 6) is -0.320. The number of nitrogens with two attached hydrogens (primary N) is 1. The van der Waals surface area contributed by atoms with Crippen LogP contribution in [0.1, 0.15) is 21.7 Å². The van der Waals surface area contributed by atoms with Crippen LogP contribution in [-0.2, 0) is 0 Å². The standard InChI is InChI=1S/C15H16N4O2/c1-10-6-5-8-12(17-10)15(20)19(2)13-9-4-3-7-11(13)14(16)18-21/h3-9,21H,1-2H3,(H2,16,18). The lowest BCUT2D eigenvalue weighted by molar-refractivity contribution is 0.0988. The Morgan fingerprint density at radius 2 is 1.95 bits per heavy atom. The van der Waals surface area contributed by atoms with Gasteiger partial charge in [0.05, 0.1) is 5.69 Å². The molecule has 6 nitrogen and oxygen atoms in total. The van der Waals surface area contributed by atoms with Gasteiger partial charge in [0.25, 0.3) is 5.91 Å². The molecule has 3 N–H and O–H groups in total. The summed E-state index contributed by atoms with van der Waals surface area (Å²) in [7, 11) is 1.62. The first-order chi connectivity index (χ1) is 10.0. The summed E-state index contributed by atoms with van der Waals surface area (Å²) in [5.41, 5.74) is 7.76. The average molecular weight is 284 g/mol. The number of hydrogen-bond acceptors (Lipinski definition) is 4. The van der Waals surface area contributed by atoms with Gasteiger partial charge in [-0.2, -0.15) is 0 Å². The summed E-state index contributed by atoms with van der Waals surface area (Å²) in [6, 6.07) is 12.2. The third-order valence-corrected chi connectivity index (χ3v) is 3.06. The Labute approximate surface area is 122 Å². The second-order valence-electron chi connectivity index (χ2n) is 4.53. The second kappa shape index (κ2) is 6.04. The molecule has 0 saturated carbocycles. The lowest BCUT2D eigenvalue weighted by Crippen LogP contribution is -2.29. The van der Waals surface area contributed by atoms with Crippen LogP contribution < -0.4 is 10.6 Å². The molecule has 0 fully saturated rings. The zero-order chi connectivity index (χ0) is 15.4. The van der Waals surface area contributed by atoms with Crippen molar-refractivity contribution in [1.29, 1.82) is 0 Å². The molecule has 0 saturated heterocycles. The predicted molar refractivity (Wildman–Crippen MR) is 80.7 cm³/mol. The number of anilines is 1. The molecule has 0 atom stereocenters. The third kappa shape index (κ3) is 3.00. The summed E-state index contributed by atoms with van der Waals surface area (Å²) in [6.07, 6.45) is 0. The number of hydrogen-bond donors (Lipinski definition) is 2. The summed E-state index contributed by atoms with van der Waals surface area (Å²) < 4.78 is 0. The number of rotatable bonds is 3. The minimum Gasteiger partial charge on any atom is -0.409 e. The van der Waals surface area contributed by atoms with Gasteiger partial charge in [-0.1, -0.05) is 23.4 Å². The van der Waals surface area contributed by atoms with Crippen LogP contribution in [-0.4, -0.2) is 29.0 Å². The number of carbonyl (C=O) groups is 1. The lowest BCUT2D eigenvalue weighted by atomic mass is 10.1. The van der Waals surface area contributed by atoms with Crippen molar-refractivity contribution in [3.63, 3.8) is 0 Å². The van der Waals surface area contributed by atoms with Crippen LogP contribution in [0.25, 0.3) is 0 Å². The van der Waals surface area contributed by atoms with E-state index >= 15 is 0 Å². The minimum atomic E-state index is -0.267. The molecule has 0 bridgehead atoms. The van der Waals surface area contributed by atoms with E-state index in [0.717, 1.165) is 5.69 Å². The van der Waals surface area contributed by atoms with Gasteiger partial charge in [-0.25, -0.2) is 4.98 Å². The fourth-order valence-electron chi connectivity index (χ4n) is 1.98. The third-order valence-electron chi connectivity index (χ3n) is 3.06. The zero-order valence-corrected chi connectivity index (χ0v) is 11.8. The molecule has 1 heterocycles. The molecule has 0 aliphatic carbocycles. The van der Waals surface area contributed by atoms with Crippen LogP contribution in [0, 0.1) is 6.92 Å². The van der Waals surface area contributed by atoms with Gasteiger partial charge in [0.15, 0.2) is 5.84 Å². The predicted octanol–water partition coefficient (Wildman–Crippen LogP) is 1.76. The molecule has 1 amide bonds. The Morgan fingerprint density at radius 3 is 2.62 bits per heavy atom. The van der Waals surface area contributed by atoms with Gasteiger partial charge in [0, 0.05) is 18.3 Å². The lowest BCUT2D eigenvalue weighted by Gasteiger charge is -2.20. The van der Waals surface area contributed by atoms with E-state index in [2.05, 4.69) is 10.1 Å². The Hall–Kier alpha value is -2.89. The number of aryl methyl sites for hydroxylation is 1. The van der Waals surface area contributed by atoms with E-state index in [9.17, 15) is 4.79 Å². The van der Waals surface area contributed by atoms with E-state index in [4.69, 9.17) is 10.9 Å². The van der Waals surface area contributed by atoms with Gasteiger partial charge in [-0.15, -0.1) is 0 Å². The van der Waals surface area contributed by atoms with Crippen molar-refractivity contribution in [2.45, 2.75) is 6.92 Å². The molecule has 108 valence electrons. The Bertz CT molecular complexity index is 698. The maximum atomic E-state index is 12.5. The highest BCUT2D eigenvalue weighted by Crippen LogP contribution is 2.20. The SMILES string of the molecule is Cc1cccc(C(=O)N(C)c2ccccc2/C(N)=N/O)n1. The van der Waals surface area contributed by atoms with E-state index in [1.807, 2.05) is 13.0 Å². The van der Waals surface area contributed by atoms with Gasteiger partial charge in [0.2, 0.25) is 0 Å². The maximum Gasteiger partial charge on any atom is 0.276 e. The number of oxime groups is 1. The largest absolute Gasteiger partial charge is 0.409 e.